The van der Waals surface area contributed by atoms with Crippen LogP contribution in [0.5, 0.6) is 23.0 Å². The highest BCUT2D eigenvalue weighted by molar-refractivity contribution is 5.73. The van der Waals surface area contributed by atoms with Crippen molar-refractivity contribution < 1.29 is 28.8 Å². The Balaban J connectivity index is 1.73. The Bertz CT molecular complexity index is 995. The number of hydrogen-bond donors (Lipinski definition) is 1. The van der Waals surface area contributed by atoms with Gasteiger partial charge in [-0.3, -0.25) is 4.79 Å². The van der Waals surface area contributed by atoms with Gasteiger partial charge in [0.05, 0.1) is 20.1 Å². The van der Waals surface area contributed by atoms with E-state index in [1.54, 1.807) is 14.2 Å². The van der Waals surface area contributed by atoms with E-state index in [-0.39, 0.29) is 12.7 Å². The third kappa shape index (κ3) is 4.43. The third-order valence-electron chi connectivity index (χ3n) is 5.56. The fraction of sp³-hybridized carbons (Fsp3) is 0.240. The van der Waals surface area contributed by atoms with Crippen molar-refractivity contribution in [1.29, 1.82) is 0 Å². The van der Waals surface area contributed by atoms with Crippen LogP contribution in [0.1, 0.15) is 22.6 Å². The zero-order valence-corrected chi connectivity index (χ0v) is 17.4. The molecule has 0 radical (unpaired) electrons. The molecule has 31 heavy (non-hydrogen) atoms. The monoisotopic (exact) mass is 420 g/mol. The second kappa shape index (κ2) is 9.00. The van der Waals surface area contributed by atoms with E-state index in [1.807, 2.05) is 66.7 Å². The molecule has 0 amide bonds. The summed E-state index contributed by atoms with van der Waals surface area (Å²) in [6, 6.07) is 20.7. The van der Waals surface area contributed by atoms with Crippen molar-refractivity contribution in [2.24, 2.45) is 5.92 Å². The molecule has 6 nitrogen and oxygen atoms in total. The normalized spacial score (nSPS) is 13.1. The number of carboxylic acids is 1. The molecule has 1 aliphatic rings. The fourth-order valence-electron chi connectivity index (χ4n) is 3.95. The van der Waals surface area contributed by atoms with Gasteiger partial charge < -0.3 is 24.1 Å². The first-order valence-electron chi connectivity index (χ1n) is 9.98. The summed E-state index contributed by atoms with van der Waals surface area (Å²) in [5.41, 5.74) is 2.68. The number of ether oxygens (including phenoxy) is 4. The standard InChI is InChI=1S/C25H24O6/c1-28-19-8-4-17(5-9-19)24(18-6-10-20(29-2)11-7-18)21(25(26)27)13-16-3-12-22-23(14-16)31-15-30-22/h3-12,14,21,24H,13,15H2,1-2H3,(H,26,27). The number of fused-ring (bicyclic) bond motifs is 1. The van der Waals surface area contributed by atoms with Gasteiger partial charge in [-0.25, -0.2) is 0 Å². The van der Waals surface area contributed by atoms with Gasteiger partial charge in [-0.15, -0.1) is 0 Å². The molecular formula is C25H24O6. The number of benzene rings is 3. The third-order valence-corrected chi connectivity index (χ3v) is 5.56. The van der Waals surface area contributed by atoms with Crippen LogP contribution in [-0.4, -0.2) is 32.1 Å². The minimum Gasteiger partial charge on any atom is -0.497 e. The Kier molecular flexibility index (Phi) is 5.98. The summed E-state index contributed by atoms with van der Waals surface area (Å²) >= 11 is 0. The second-order valence-corrected chi connectivity index (χ2v) is 7.36. The van der Waals surface area contributed by atoms with Crippen molar-refractivity contribution in [3.05, 3.63) is 83.4 Å². The van der Waals surface area contributed by atoms with Crippen molar-refractivity contribution in [1.82, 2.24) is 0 Å². The summed E-state index contributed by atoms with van der Waals surface area (Å²) in [4.78, 5) is 12.5. The zero-order chi connectivity index (χ0) is 21.8. The molecule has 0 saturated carbocycles. The highest BCUT2D eigenvalue weighted by atomic mass is 16.7. The Hall–Kier alpha value is -3.67. The summed E-state index contributed by atoms with van der Waals surface area (Å²) in [6.07, 6.45) is 0.342. The van der Waals surface area contributed by atoms with Crippen LogP contribution in [0.2, 0.25) is 0 Å². The molecule has 0 bridgehead atoms. The van der Waals surface area contributed by atoms with Crippen LogP contribution in [0.25, 0.3) is 0 Å². The summed E-state index contributed by atoms with van der Waals surface area (Å²) in [5.74, 6) is 0.848. The first-order chi connectivity index (χ1) is 15.1. The quantitative estimate of drug-likeness (QED) is 0.578. The van der Waals surface area contributed by atoms with Crippen molar-refractivity contribution in [3.63, 3.8) is 0 Å². The van der Waals surface area contributed by atoms with Crippen LogP contribution >= 0.6 is 0 Å². The van der Waals surface area contributed by atoms with Gasteiger partial charge in [0.25, 0.3) is 0 Å². The first-order valence-corrected chi connectivity index (χ1v) is 9.98. The molecule has 3 aromatic rings. The molecule has 4 rings (SSSR count). The molecule has 3 aromatic carbocycles. The van der Waals surface area contributed by atoms with Crippen LogP contribution in [0.4, 0.5) is 0 Å². The molecule has 1 N–H and O–H groups in total. The molecule has 1 unspecified atom stereocenters. The molecule has 160 valence electrons. The maximum absolute atomic E-state index is 12.5. The summed E-state index contributed by atoms with van der Waals surface area (Å²) in [5, 5.41) is 10.2. The van der Waals surface area contributed by atoms with Gasteiger partial charge in [0.1, 0.15) is 11.5 Å². The van der Waals surface area contributed by atoms with E-state index in [2.05, 4.69) is 0 Å². The van der Waals surface area contributed by atoms with E-state index in [1.165, 1.54) is 0 Å². The highest BCUT2D eigenvalue weighted by Gasteiger charge is 2.32. The predicted molar refractivity (Wildman–Crippen MR) is 115 cm³/mol. The Morgan fingerprint density at radius 3 is 1.94 bits per heavy atom. The zero-order valence-electron chi connectivity index (χ0n) is 17.4. The lowest BCUT2D eigenvalue weighted by atomic mass is 9.77. The van der Waals surface area contributed by atoms with E-state index >= 15 is 0 Å². The number of rotatable bonds is 8. The van der Waals surface area contributed by atoms with Gasteiger partial charge in [-0.2, -0.15) is 0 Å². The lowest BCUT2D eigenvalue weighted by Crippen LogP contribution is -2.25. The number of hydrogen-bond acceptors (Lipinski definition) is 5. The van der Waals surface area contributed by atoms with E-state index in [4.69, 9.17) is 18.9 Å². The Morgan fingerprint density at radius 2 is 1.42 bits per heavy atom. The molecule has 0 spiro atoms. The largest absolute Gasteiger partial charge is 0.497 e. The molecular weight excluding hydrogens is 396 g/mol. The molecule has 1 aliphatic heterocycles. The van der Waals surface area contributed by atoms with E-state index in [9.17, 15) is 9.90 Å². The SMILES string of the molecule is COc1ccc(C(c2ccc(OC)cc2)C(Cc2ccc3c(c2)OCO3)C(=O)O)cc1. The first kappa shape index (κ1) is 20.6. The minimum absolute atomic E-state index is 0.182. The van der Waals surface area contributed by atoms with Crippen LogP contribution in [0.3, 0.4) is 0 Å². The maximum Gasteiger partial charge on any atom is 0.307 e. The molecule has 1 atom stereocenters. The lowest BCUT2D eigenvalue weighted by molar-refractivity contribution is -0.142. The van der Waals surface area contributed by atoms with Gasteiger partial charge in [-0.05, 0) is 59.5 Å². The second-order valence-electron chi connectivity index (χ2n) is 7.36. The van der Waals surface area contributed by atoms with Crippen molar-refractivity contribution in [2.75, 3.05) is 21.0 Å². The topological polar surface area (TPSA) is 74.2 Å². The van der Waals surface area contributed by atoms with Crippen molar-refractivity contribution in [3.8, 4) is 23.0 Å². The van der Waals surface area contributed by atoms with Crippen LogP contribution in [-0.2, 0) is 11.2 Å². The van der Waals surface area contributed by atoms with Crippen LogP contribution < -0.4 is 18.9 Å². The van der Waals surface area contributed by atoms with Gasteiger partial charge in [0.15, 0.2) is 11.5 Å². The fourth-order valence-corrected chi connectivity index (χ4v) is 3.95. The number of methoxy groups -OCH3 is 2. The predicted octanol–water partition coefficient (Wildman–Crippen LogP) is 4.51. The van der Waals surface area contributed by atoms with Gasteiger partial charge in [0, 0.05) is 5.92 Å². The Labute approximate surface area is 181 Å². The number of aliphatic carboxylic acids is 1. The smallest absolute Gasteiger partial charge is 0.307 e. The molecule has 6 heteroatoms. The average molecular weight is 420 g/mol. The number of carboxylic acid groups (broad SMARTS) is 1. The Morgan fingerprint density at radius 1 is 0.871 bits per heavy atom. The molecule has 0 saturated heterocycles. The van der Waals surface area contributed by atoms with E-state index in [0.29, 0.717) is 17.9 Å². The molecule has 0 fully saturated rings. The van der Waals surface area contributed by atoms with Crippen molar-refractivity contribution >= 4 is 5.97 Å². The number of carbonyl (C=O) groups is 1. The summed E-state index contributed by atoms with van der Waals surface area (Å²) in [6.45, 7) is 0.182. The van der Waals surface area contributed by atoms with Gasteiger partial charge in [0.2, 0.25) is 6.79 Å². The molecule has 1 heterocycles. The van der Waals surface area contributed by atoms with Crippen LogP contribution in [0.15, 0.2) is 66.7 Å². The van der Waals surface area contributed by atoms with Gasteiger partial charge >= 0.3 is 5.97 Å². The maximum atomic E-state index is 12.5. The van der Waals surface area contributed by atoms with Crippen LogP contribution in [0, 0.1) is 5.92 Å². The average Bonchev–Trinajstić information content (AvgIpc) is 3.27. The molecule has 0 aliphatic carbocycles. The minimum atomic E-state index is -0.866. The van der Waals surface area contributed by atoms with Crippen molar-refractivity contribution in [2.45, 2.75) is 12.3 Å². The lowest BCUT2D eigenvalue weighted by Gasteiger charge is -2.26. The highest BCUT2D eigenvalue weighted by Crippen LogP contribution is 2.38. The van der Waals surface area contributed by atoms with E-state index < -0.39 is 11.9 Å². The van der Waals surface area contributed by atoms with Gasteiger partial charge in [-0.1, -0.05) is 30.3 Å². The summed E-state index contributed by atoms with van der Waals surface area (Å²) < 4.78 is 21.4. The van der Waals surface area contributed by atoms with E-state index in [0.717, 1.165) is 28.2 Å². The summed E-state index contributed by atoms with van der Waals surface area (Å²) in [7, 11) is 3.21. The molecule has 0 aromatic heterocycles.